The van der Waals surface area contributed by atoms with Crippen LogP contribution in [0.4, 0.5) is 14.5 Å². The minimum Gasteiger partial charge on any atom is -0.456 e. The van der Waals surface area contributed by atoms with Crippen LogP contribution in [0.3, 0.4) is 0 Å². The SMILES string of the molecule is Cc1cccc(NCC2CC(F)(F)C(=O)O2)c1Br. The van der Waals surface area contributed by atoms with E-state index in [2.05, 4.69) is 26.0 Å². The van der Waals surface area contributed by atoms with Crippen molar-refractivity contribution in [3.8, 4) is 0 Å². The molecule has 1 saturated heterocycles. The van der Waals surface area contributed by atoms with Crippen molar-refractivity contribution in [1.82, 2.24) is 0 Å². The Kier molecular flexibility index (Phi) is 3.56. The lowest BCUT2D eigenvalue weighted by molar-refractivity contribution is -0.158. The number of anilines is 1. The van der Waals surface area contributed by atoms with E-state index in [0.717, 1.165) is 15.7 Å². The van der Waals surface area contributed by atoms with E-state index in [-0.39, 0.29) is 6.54 Å². The molecule has 6 heteroatoms. The molecule has 1 unspecified atom stereocenters. The molecule has 1 aromatic carbocycles. The predicted molar refractivity (Wildman–Crippen MR) is 66.8 cm³/mol. The molecule has 0 spiro atoms. The first-order chi connectivity index (χ1) is 8.40. The number of carbonyl (C=O) groups is 1. The lowest BCUT2D eigenvalue weighted by Gasteiger charge is -2.13. The van der Waals surface area contributed by atoms with Crippen molar-refractivity contribution in [1.29, 1.82) is 0 Å². The largest absolute Gasteiger partial charge is 0.456 e. The Morgan fingerprint density at radius 3 is 2.89 bits per heavy atom. The second kappa shape index (κ2) is 4.84. The summed E-state index contributed by atoms with van der Waals surface area (Å²) in [6.07, 6.45) is -1.36. The molecule has 0 radical (unpaired) electrons. The Bertz CT molecular complexity index is 479. The normalized spacial score (nSPS) is 21.8. The van der Waals surface area contributed by atoms with Crippen molar-refractivity contribution in [2.24, 2.45) is 0 Å². The van der Waals surface area contributed by atoms with Crippen molar-refractivity contribution in [3.05, 3.63) is 28.2 Å². The van der Waals surface area contributed by atoms with Gasteiger partial charge in [-0.2, -0.15) is 8.78 Å². The Morgan fingerprint density at radius 1 is 1.56 bits per heavy atom. The van der Waals surface area contributed by atoms with Crippen molar-refractivity contribution >= 4 is 27.6 Å². The Morgan fingerprint density at radius 2 is 2.28 bits per heavy atom. The number of halogens is 3. The van der Waals surface area contributed by atoms with Gasteiger partial charge in [0.1, 0.15) is 6.10 Å². The summed E-state index contributed by atoms with van der Waals surface area (Å²) in [5, 5.41) is 3.00. The van der Waals surface area contributed by atoms with Gasteiger partial charge >= 0.3 is 11.9 Å². The van der Waals surface area contributed by atoms with Gasteiger partial charge in [0.05, 0.1) is 13.0 Å². The molecule has 1 aliphatic rings. The second-order valence-corrected chi connectivity index (χ2v) is 5.05. The number of aryl methyl sites for hydroxylation is 1. The van der Waals surface area contributed by atoms with Crippen LogP contribution in [0, 0.1) is 6.92 Å². The highest BCUT2D eigenvalue weighted by Gasteiger charge is 2.50. The molecule has 0 amide bonds. The molecule has 1 atom stereocenters. The number of alkyl halides is 2. The zero-order valence-electron chi connectivity index (χ0n) is 9.67. The van der Waals surface area contributed by atoms with Gasteiger partial charge in [0.15, 0.2) is 0 Å². The van der Waals surface area contributed by atoms with Crippen LogP contribution < -0.4 is 5.32 Å². The van der Waals surface area contributed by atoms with Crippen LogP contribution in [-0.4, -0.2) is 24.5 Å². The van der Waals surface area contributed by atoms with Crippen LogP contribution >= 0.6 is 15.9 Å². The number of hydrogen-bond donors (Lipinski definition) is 1. The highest BCUT2D eigenvalue weighted by atomic mass is 79.9. The molecule has 1 heterocycles. The van der Waals surface area contributed by atoms with Gasteiger partial charge in [-0.3, -0.25) is 0 Å². The lowest BCUT2D eigenvalue weighted by Crippen LogP contribution is -2.22. The minimum atomic E-state index is -3.35. The quantitative estimate of drug-likeness (QED) is 0.870. The summed E-state index contributed by atoms with van der Waals surface area (Å²) >= 11 is 3.41. The number of nitrogens with one attached hydrogen (secondary N) is 1. The fraction of sp³-hybridized carbons (Fsp3) is 0.417. The predicted octanol–water partition coefficient (Wildman–Crippen LogP) is 3.12. The lowest BCUT2D eigenvalue weighted by atomic mass is 10.2. The zero-order chi connectivity index (χ0) is 13.3. The van der Waals surface area contributed by atoms with Crippen LogP contribution in [-0.2, 0) is 9.53 Å². The van der Waals surface area contributed by atoms with Gasteiger partial charge in [0, 0.05) is 10.2 Å². The minimum absolute atomic E-state index is 0.170. The maximum atomic E-state index is 12.9. The van der Waals surface area contributed by atoms with Crippen LogP contribution in [0.15, 0.2) is 22.7 Å². The van der Waals surface area contributed by atoms with E-state index in [0.29, 0.717) is 0 Å². The number of rotatable bonds is 3. The third kappa shape index (κ3) is 2.63. The van der Waals surface area contributed by atoms with Gasteiger partial charge in [0.2, 0.25) is 0 Å². The third-order valence-corrected chi connectivity index (χ3v) is 3.82. The topological polar surface area (TPSA) is 38.3 Å². The van der Waals surface area contributed by atoms with E-state index in [1.54, 1.807) is 0 Å². The molecule has 0 aliphatic carbocycles. The monoisotopic (exact) mass is 319 g/mol. The Labute approximate surface area is 112 Å². The number of benzene rings is 1. The summed E-state index contributed by atoms with van der Waals surface area (Å²) in [7, 11) is 0. The summed E-state index contributed by atoms with van der Waals surface area (Å²) in [6, 6.07) is 5.61. The van der Waals surface area contributed by atoms with E-state index < -0.39 is 24.4 Å². The van der Waals surface area contributed by atoms with Gasteiger partial charge < -0.3 is 10.1 Å². The first-order valence-corrected chi connectivity index (χ1v) is 6.27. The van der Waals surface area contributed by atoms with E-state index in [9.17, 15) is 13.6 Å². The Balaban J connectivity index is 1.97. The molecule has 2 rings (SSSR count). The molecule has 18 heavy (non-hydrogen) atoms. The molecule has 98 valence electrons. The molecular weight excluding hydrogens is 308 g/mol. The van der Waals surface area contributed by atoms with Gasteiger partial charge in [-0.05, 0) is 34.5 Å². The summed E-state index contributed by atoms with van der Waals surface area (Å²) in [5.74, 6) is -4.78. The van der Waals surface area contributed by atoms with Gasteiger partial charge in [0.25, 0.3) is 0 Å². The highest BCUT2D eigenvalue weighted by molar-refractivity contribution is 9.10. The van der Waals surface area contributed by atoms with Crippen LogP contribution in [0.25, 0.3) is 0 Å². The van der Waals surface area contributed by atoms with Crippen LogP contribution in [0.2, 0.25) is 0 Å². The molecular formula is C12H12BrF2NO2. The molecule has 1 aliphatic heterocycles. The Hall–Kier alpha value is -1.17. The van der Waals surface area contributed by atoms with Crippen molar-refractivity contribution in [3.63, 3.8) is 0 Å². The van der Waals surface area contributed by atoms with Crippen LogP contribution in [0.1, 0.15) is 12.0 Å². The van der Waals surface area contributed by atoms with Crippen molar-refractivity contribution in [2.75, 3.05) is 11.9 Å². The summed E-state index contributed by atoms with van der Waals surface area (Å²) in [4.78, 5) is 10.8. The standard InChI is InChI=1S/C12H12BrF2NO2/c1-7-3-2-4-9(10(7)13)16-6-8-5-12(14,15)11(17)18-8/h2-4,8,16H,5-6H2,1H3. The molecule has 1 fully saturated rings. The van der Waals surface area contributed by atoms with Gasteiger partial charge in [-0.15, -0.1) is 0 Å². The number of esters is 1. The van der Waals surface area contributed by atoms with Gasteiger partial charge in [-0.25, -0.2) is 4.79 Å². The molecule has 0 aromatic heterocycles. The fourth-order valence-electron chi connectivity index (χ4n) is 1.77. The molecule has 0 saturated carbocycles. The first kappa shape index (κ1) is 13.3. The average molecular weight is 320 g/mol. The fourth-order valence-corrected chi connectivity index (χ4v) is 2.17. The smallest absolute Gasteiger partial charge is 0.377 e. The maximum Gasteiger partial charge on any atom is 0.377 e. The van der Waals surface area contributed by atoms with Crippen molar-refractivity contribution in [2.45, 2.75) is 25.4 Å². The summed E-state index contributed by atoms with van der Waals surface area (Å²) < 4.78 is 31.4. The van der Waals surface area contributed by atoms with E-state index >= 15 is 0 Å². The molecule has 1 N–H and O–H groups in total. The molecule has 0 bridgehead atoms. The number of ether oxygens (including phenoxy) is 1. The number of hydrogen-bond acceptors (Lipinski definition) is 3. The number of cyclic esters (lactones) is 1. The summed E-state index contributed by atoms with van der Waals surface area (Å²) in [6.45, 7) is 2.10. The average Bonchev–Trinajstić information content (AvgIpc) is 2.55. The van der Waals surface area contributed by atoms with E-state index in [1.807, 2.05) is 25.1 Å². The van der Waals surface area contributed by atoms with E-state index in [1.165, 1.54) is 0 Å². The highest BCUT2D eigenvalue weighted by Crippen LogP contribution is 2.32. The third-order valence-electron chi connectivity index (χ3n) is 2.77. The summed E-state index contributed by atoms with van der Waals surface area (Å²) in [5.41, 5.74) is 1.83. The number of carbonyl (C=O) groups excluding carboxylic acids is 1. The van der Waals surface area contributed by atoms with Crippen molar-refractivity contribution < 1.29 is 18.3 Å². The van der Waals surface area contributed by atoms with E-state index in [4.69, 9.17) is 0 Å². The zero-order valence-corrected chi connectivity index (χ0v) is 11.3. The maximum absolute atomic E-state index is 12.9. The van der Waals surface area contributed by atoms with Gasteiger partial charge in [-0.1, -0.05) is 12.1 Å². The first-order valence-electron chi connectivity index (χ1n) is 5.48. The second-order valence-electron chi connectivity index (χ2n) is 4.25. The molecule has 1 aromatic rings. The molecule has 3 nitrogen and oxygen atoms in total. The van der Waals surface area contributed by atoms with Crippen LogP contribution in [0.5, 0.6) is 0 Å².